The molecule has 0 fully saturated rings. The zero-order valence-corrected chi connectivity index (χ0v) is 11.8. The highest BCUT2D eigenvalue weighted by atomic mass is 15.0. The zero-order valence-electron chi connectivity index (χ0n) is 11.8. The lowest BCUT2D eigenvalue weighted by atomic mass is 10.1. The summed E-state index contributed by atoms with van der Waals surface area (Å²) in [7, 11) is 0. The Morgan fingerprint density at radius 2 is 1.41 bits per heavy atom. The van der Waals surface area contributed by atoms with Gasteiger partial charge >= 0.3 is 0 Å². The van der Waals surface area contributed by atoms with E-state index in [1.165, 1.54) is 0 Å². The fourth-order valence-corrected chi connectivity index (χ4v) is 2.52. The number of anilines is 1. The molecular weight excluding hydrogens is 272 g/mol. The number of hydrogen-bond acceptors (Lipinski definition) is 3. The van der Waals surface area contributed by atoms with Crippen molar-refractivity contribution in [2.75, 3.05) is 5.73 Å². The maximum Gasteiger partial charge on any atom is 0.163 e. The van der Waals surface area contributed by atoms with Crippen LogP contribution in [-0.4, -0.2) is 15.0 Å². The van der Waals surface area contributed by atoms with E-state index in [1.807, 2.05) is 66.7 Å². The van der Waals surface area contributed by atoms with Crippen molar-refractivity contribution in [3.05, 3.63) is 66.7 Å². The molecule has 3 N–H and O–H groups in total. The molecule has 0 amide bonds. The molecule has 0 bridgehead atoms. The Labute approximate surface area is 127 Å². The lowest BCUT2D eigenvalue weighted by Crippen LogP contribution is -1.96. The molecule has 0 atom stereocenters. The van der Waals surface area contributed by atoms with Crippen LogP contribution < -0.4 is 5.73 Å². The topological polar surface area (TPSA) is 67.6 Å². The molecule has 0 aliphatic rings. The summed E-state index contributed by atoms with van der Waals surface area (Å²) in [6.45, 7) is 0. The Balaban J connectivity index is 1.88. The first-order valence-electron chi connectivity index (χ1n) is 7.08. The van der Waals surface area contributed by atoms with Crippen molar-refractivity contribution >= 4 is 16.9 Å². The van der Waals surface area contributed by atoms with Crippen molar-refractivity contribution in [3.63, 3.8) is 0 Å². The van der Waals surface area contributed by atoms with Crippen LogP contribution in [-0.2, 0) is 0 Å². The number of aromatic nitrogens is 3. The molecule has 0 unspecified atom stereocenters. The van der Waals surface area contributed by atoms with Crippen LogP contribution in [0.2, 0.25) is 0 Å². The number of hydrogen-bond donors (Lipinski definition) is 2. The first kappa shape index (κ1) is 12.6. The minimum absolute atomic E-state index is 0.488. The minimum Gasteiger partial charge on any atom is -0.383 e. The second kappa shape index (κ2) is 5.00. The Kier molecular flexibility index (Phi) is 2.86. The van der Waals surface area contributed by atoms with E-state index >= 15 is 0 Å². The first-order chi connectivity index (χ1) is 10.8. The fourth-order valence-electron chi connectivity index (χ4n) is 2.52. The van der Waals surface area contributed by atoms with Gasteiger partial charge in [-0.25, -0.2) is 9.97 Å². The number of aromatic amines is 1. The van der Waals surface area contributed by atoms with Crippen LogP contribution >= 0.6 is 0 Å². The first-order valence-corrected chi connectivity index (χ1v) is 7.08. The van der Waals surface area contributed by atoms with Gasteiger partial charge in [0.2, 0.25) is 0 Å². The van der Waals surface area contributed by atoms with E-state index in [9.17, 15) is 0 Å². The van der Waals surface area contributed by atoms with Crippen LogP contribution in [0.1, 0.15) is 0 Å². The van der Waals surface area contributed by atoms with Crippen LogP contribution in [0.5, 0.6) is 0 Å². The van der Waals surface area contributed by atoms with Crippen LogP contribution in [0.15, 0.2) is 66.7 Å². The Hall–Kier alpha value is -3.14. The Bertz CT molecular complexity index is 927. The summed E-state index contributed by atoms with van der Waals surface area (Å²) in [5.41, 5.74) is 9.91. The maximum absolute atomic E-state index is 6.11. The Morgan fingerprint density at radius 3 is 2.09 bits per heavy atom. The number of rotatable bonds is 2. The van der Waals surface area contributed by atoms with E-state index in [1.54, 1.807) is 0 Å². The molecule has 22 heavy (non-hydrogen) atoms. The molecule has 0 aliphatic heterocycles. The van der Waals surface area contributed by atoms with Gasteiger partial charge in [0.05, 0.1) is 5.39 Å². The molecular formula is C18H14N4. The van der Waals surface area contributed by atoms with E-state index in [4.69, 9.17) is 5.73 Å². The number of nitrogens with two attached hydrogens (primary N) is 1. The summed E-state index contributed by atoms with van der Waals surface area (Å²) < 4.78 is 0. The second-order valence-electron chi connectivity index (χ2n) is 5.11. The largest absolute Gasteiger partial charge is 0.383 e. The van der Waals surface area contributed by atoms with E-state index in [2.05, 4.69) is 15.0 Å². The lowest BCUT2D eigenvalue weighted by Gasteiger charge is -2.01. The number of benzene rings is 2. The highest BCUT2D eigenvalue weighted by Gasteiger charge is 2.11. The zero-order chi connectivity index (χ0) is 14.9. The molecule has 2 heterocycles. The van der Waals surface area contributed by atoms with Crippen LogP contribution in [0.4, 0.5) is 5.82 Å². The predicted octanol–water partition coefficient (Wildman–Crippen LogP) is 3.87. The number of H-pyrrole nitrogens is 1. The van der Waals surface area contributed by atoms with Crippen molar-refractivity contribution in [2.24, 2.45) is 0 Å². The fraction of sp³-hybridized carbons (Fsp3) is 0. The summed E-state index contributed by atoms with van der Waals surface area (Å²) in [6, 6.07) is 21.9. The monoisotopic (exact) mass is 286 g/mol. The van der Waals surface area contributed by atoms with Crippen LogP contribution in [0.25, 0.3) is 33.7 Å². The van der Waals surface area contributed by atoms with Gasteiger partial charge in [-0.2, -0.15) is 0 Å². The second-order valence-corrected chi connectivity index (χ2v) is 5.11. The van der Waals surface area contributed by atoms with Gasteiger partial charge < -0.3 is 10.7 Å². The summed E-state index contributed by atoms with van der Waals surface area (Å²) in [5, 5.41) is 0.846. The highest BCUT2D eigenvalue weighted by molar-refractivity contribution is 5.91. The molecule has 0 aliphatic carbocycles. The van der Waals surface area contributed by atoms with Gasteiger partial charge in [-0.3, -0.25) is 0 Å². The molecule has 0 saturated carbocycles. The summed E-state index contributed by atoms with van der Waals surface area (Å²) in [5.74, 6) is 1.12. The van der Waals surface area contributed by atoms with Gasteiger partial charge in [0.1, 0.15) is 11.5 Å². The number of fused-ring (bicyclic) bond motifs is 1. The normalized spacial score (nSPS) is 10.9. The van der Waals surface area contributed by atoms with Gasteiger partial charge in [-0.1, -0.05) is 60.7 Å². The number of nitrogens with one attached hydrogen (secondary N) is 1. The SMILES string of the molecule is Nc1nc(-c2ccccc2)nc2[nH]c(-c3ccccc3)cc12. The van der Waals surface area contributed by atoms with E-state index < -0.39 is 0 Å². The van der Waals surface area contributed by atoms with Crippen molar-refractivity contribution in [1.82, 2.24) is 15.0 Å². The molecule has 4 rings (SSSR count). The van der Waals surface area contributed by atoms with Crippen molar-refractivity contribution in [2.45, 2.75) is 0 Å². The summed E-state index contributed by atoms with van der Waals surface area (Å²) in [6.07, 6.45) is 0. The van der Waals surface area contributed by atoms with Gasteiger partial charge in [-0.15, -0.1) is 0 Å². The summed E-state index contributed by atoms with van der Waals surface area (Å²) >= 11 is 0. The van der Waals surface area contributed by atoms with Gasteiger partial charge in [0.15, 0.2) is 5.82 Å². The third kappa shape index (κ3) is 2.11. The number of nitrogen functional groups attached to an aromatic ring is 1. The molecule has 4 aromatic rings. The highest BCUT2D eigenvalue weighted by Crippen LogP contribution is 2.27. The smallest absolute Gasteiger partial charge is 0.163 e. The average Bonchev–Trinajstić information content (AvgIpc) is 3.01. The third-order valence-corrected chi connectivity index (χ3v) is 3.63. The summed E-state index contributed by atoms with van der Waals surface area (Å²) in [4.78, 5) is 12.4. The van der Waals surface area contributed by atoms with Gasteiger partial charge in [0, 0.05) is 11.3 Å². The average molecular weight is 286 g/mol. The molecule has 2 aromatic carbocycles. The lowest BCUT2D eigenvalue weighted by molar-refractivity contribution is 1.21. The van der Waals surface area contributed by atoms with Crippen LogP contribution in [0, 0.1) is 0 Å². The molecule has 2 aromatic heterocycles. The Morgan fingerprint density at radius 1 is 0.773 bits per heavy atom. The van der Waals surface area contributed by atoms with Crippen molar-refractivity contribution < 1.29 is 0 Å². The third-order valence-electron chi connectivity index (χ3n) is 3.63. The van der Waals surface area contributed by atoms with E-state index in [-0.39, 0.29) is 0 Å². The van der Waals surface area contributed by atoms with E-state index in [0.29, 0.717) is 11.6 Å². The number of nitrogens with zero attached hydrogens (tertiary/aromatic N) is 2. The predicted molar refractivity (Wildman–Crippen MR) is 89.2 cm³/mol. The van der Waals surface area contributed by atoms with Crippen molar-refractivity contribution in [1.29, 1.82) is 0 Å². The quantitative estimate of drug-likeness (QED) is 0.587. The molecule has 0 radical (unpaired) electrons. The molecule has 0 spiro atoms. The van der Waals surface area contributed by atoms with Gasteiger partial charge in [0.25, 0.3) is 0 Å². The van der Waals surface area contributed by atoms with Crippen molar-refractivity contribution in [3.8, 4) is 22.6 Å². The molecule has 0 saturated heterocycles. The minimum atomic E-state index is 0.488. The van der Waals surface area contributed by atoms with E-state index in [0.717, 1.165) is 27.9 Å². The maximum atomic E-state index is 6.11. The van der Waals surface area contributed by atoms with Crippen LogP contribution in [0.3, 0.4) is 0 Å². The van der Waals surface area contributed by atoms with Gasteiger partial charge in [-0.05, 0) is 11.6 Å². The molecule has 4 nitrogen and oxygen atoms in total. The molecule has 106 valence electrons. The standard InChI is InChI=1S/C18H14N4/c19-16-14-11-15(12-7-3-1-4-8-12)20-18(14)22-17(21-16)13-9-5-2-6-10-13/h1-11H,(H3,19,20,21,22). The molecule has 4 heteroatoms.